The predicted molar refractivity (Wildman–Crippen MR) is 52.7 cm³/mol. The van der Waals surface area contributed by atoms with E-state index in [0.717, 1.165) is 18.8 Å². The van der Waals surface area contributed by atoms with Crippen molar-refractivity contribution in [1.82, 2.24) is 0 Å². The smallest absolute Gasteiger partial charge is 0.371 e. The Morgan fingerprint density at radius 1 is 1.42 bits per heavy atom. The van der Waals surface area contributed by atoms with Crippen LogP contribution in [-0.2, 0) is 17.4 Å². The Kier molecular flexibility index (Phi) is 47.7. The van der Waals surface area contributed by atoms with Gasteiger partial charge in [-0.15, -0.1) is 0 Å². The second-order valence-corrected chi connectivity index (χ2v) is 2.87. The van der Waals surface area contributed by atoms with Crippen LogP contribution in [0.25, 0.3) is 0 Å². The van der Waals surface area contributed by atoms with Gasteiger partial charge in [-0.05, 0) is 0 Å². The average molecular weight is 344 g/mol. The van der Waals surface area contributed by atoms with Crippen molar-refractivity contribution in [1.29, 1.82) is 0 Å². The largest absolute Gasteiger partial charge is 2.00 e. The molecule has 0 heterocycles. The van der Waals surface area contributed by atoms with Crippen LogP contribution in [0.5, 0.6) is 0 Å². The Bertz CT molecular complexity index is 49.8. The molecule has 0 amide bonds. The molecule has 0 aliphatic rings. The molecule has 0 atom stereocenters. The van der Waals surface area contributed by atoms with Gasteiger partial charge in [0.25, 0.3) is 0 Å². The molecule has 0 aliphatic carbocycles. The van der Waals surface area contributed by atoms with Gasteiger partial charge in [-0.1, -0.05) is 19.8 Å². The standard InChI is InChI=1S/C5H11.C4H8S.Cr.Cs/c1-4-5(2)3;1-2-3-4-5;;/h5H,1,4H2,2-3H3;2,4-5H,3H2,1H3;;/q-1;-2;+2;+1. The summed E-state index contributed by atoms with van der Waals surface area (Å²) in [5, 5.41) is 0. The van der Waals surface area contributed by atoms with Crippen LogP contribution in [0.1, 0.15) is 33.6 Å². The Morgan fingerprint density at radius 2 is 1.75 bits per heavy atom. The Morgan fingerprint density at radius 3 is 1.75 bits per heavy atom. The van der Waals surface area contributed by atoms with Crippen molar-refractivity contribution < 1.29 is 86.3 Å². The van der Waals surface area contributed by atoms with Crippen LogP contribution in [0.15, 0.2) is 0 Å². The van der Waals surface area contributed by atoms with Crippen LogP contribution in [-0.4, -0.2) is 0 Å². The van der Waals surface area contributed by atoms with E-state index in [9.17, 15) is 0 Å². The Balaban J connectivity index is -0.0000000457. The van der Waals surface area contributed by atoms with Gasteiger partial charge in [0.15, 0.2) is 0 Å². The van der Waals surface area contributed by atoms with Crippen molar-refractivity contribution in [3.05, 3.63) is 19.1 Å². The third-order valence-corrected chi connectivity index (χ3v) is 1.13. The molecule has 68 valence electrons. The number of unbranched alkanes of at least 4 members (excludes halogenated alkanes) is 1. The summed E-state index contributed by atoms with van der Waals surface area (Å²) in [4.78, 5) is 0. The van der Waals surface area contributed by atoms with E-state index in [1.807, 2.05) is 19.1 Å². The van der Waals surface area contributed by atoms with Gasteiger partial charge in [0, 0.05) is 0 Å². The summed E-state index contributed by atoms with van der Waals surface area (Å²) < 4.78 is 0. The fourth-order valence-corrected chi connectivity index (χ4v) is 0.316. The van der Waals surface area contributed by atoms with Gasteiger partial charge in [-0.2, -0.15) is 13.3 Å². The van der Waals surface area contributed by atoms with Crippen molar-refractivity contribution in [2.45, 2.75) is 33.6 Å². The quantitative estimate of drug-likeness (QED) is 0.562. The van der Waals surface area contributed by atoms with Gasteiger partial charge in [0.05, 0.1) is 0 Å². The maximum atomic E-state index is 3.84. The summed E-state index contributed by atoms with van der Waals surface area (Å²) in [6.07, 6.45) is 4.11. The minimum absolute atomic E-state index is 0. The van der Waals surface area contributed by atoms with Crippen LogP contribution >= 0.6 is 12.6 Å². The fourth-order valence-electron chi connectivity index (χ4n) is 0.105. The molecule has 0 aromatic rings. The van der Waals surface area contributed by atoms with Gasteiger partial charge >= 0.3 is 86.3 Å². The van der Waals surface area contributed by atoms with E-state index in [4.69, 9.17) is 0 Å². The molecule has 12 heavy (non-hydrogen) atoms. The summed E-state index contributed by atoms with van der Waals surface area (Å²) in [7, 11) is 0. The third kappa shape index (κ3) is 38.3. The van der Waals surface area contributed by atoms with Crippen molar-refractivity contribution in [2.75, 3.05) is 0 Å². The summed E-state index contributed by atoms with van der Waals surface area (Å²) in [5.74, 6) is 2.59. The van der Waals surface area contributed by atoms with Crippen molar-refractivity contribution in [2.24, 2.45) is 5.92 Å². The zero-order valence-electron chi connectivity index (χ0n) is 8.71. The van der Waals surface area contributed by atoms with Gasteiger partial charge < -0.3 is 38.1 Å². The summed E-state index contributed by atoms with van der Waals surface area (Å²) in [6, 6.07) is 0. The molecule has 0 nitrogen and oxygen atoms in total. The molecule has 3 heteroatoms. The van der Waals surface area contributed by atoms with Crippen LogP contribution in [0, 0.1) is 25.0 Å². The monoisotopic (exact) mass is 344 g/mol. The minimum atomic E-state index is 0. The van der Waals surface area contributed by atoms with Crippen LogP contribution in [0.4, 0.5) is 0 Å². The first-order valence-electron chi connectivity index (χ1n) is 3.71. The van der Waals surface area contributed by atoms with Crippen molar-refractivity contribution in [3.63, 3.8) is 0 Å². The number of rotatable bonds is 3. The first-order chi connectivity index (χ1) is 4.68. The molecule has 0 fully saturated rings. The second-order valence-electron chi connectivity index (χ2n) is 2.51. The van der Waals surface area contributed by atoms with Crippen LogP contribution < -0.4 is 68.9 Å². The van der Waals surface area contributed by atoms with Crippen LogP contribution in [0.3, 0.4) is 0 Å². The molecular weight excluding hydrogens is 325 g/mol. The maximum absolute atomic E-state index is 3.84. The number of hydrogen-bond acceptors (Lipinski definition) is 1. The van der Waals surface area contributed by atoms with Gasteiger partial charge in [0.1, 0.15) is 0 Å². The molecule has 0 N–H and O–H groups in total. The van der Waals surface area contributed by atoms with E-state index < -0.39 is 0 Å². The fraction of sp³-hybridized carbons (Fsp3) is 0.667. The zero-order valence-corrected chi connectivity index (χ0v) is 17.2. The van der Waals surface area contributed by atoms with E-state index in [1.165, 1.54) is 0 Å². The maximum Gasteiger partial charge on any atom is 2.00 e. The minimum Gasteiger partial charge on any atom is -0.371 e. The Labute approximate surface area is 154 Å². The summed E-state index contributed by atoms with van der Waals surface area (Å²) in [5.41, 5.74) is 0. The molecule has 0 unspecified atom stereocenters. The van der Waals surface area contributed by atoms with E-state index in [0.29, 0.717) is 0 Å². The van der Waals surface area contributed by atoms with Gasteiger partial charge in [0.2, 0.25) is 0 Å². The molecular formula is C9H19CrCsS. The van der Waals surface area contributed by atoms with E-state index in [1.54, 1.807) is 0 Å². The Hall–Kier alpha value is 2.93. The SMILES string of the molecule is C[CH-]C[CH-]S.[CH2-]CC(C)C.[Cr+2].[Cs+]. The molecule has 0 bridgehead atoms. The van der Waals surface area contributed by atoms with Crippen LogP contribution in [0.2, 0.25) is 0 Å². The van der Waals surface area contributed by atoms with Crippen molar-refractivity contribution >= 4 is 12.6 Å². The topological polar surface area (TPSA) is 0 Å². The molecule has 0 saturated carbocycles. The van der Waals surface area contributed by atoms with E-state index >= 15 is 0 Å². The first-order valence-corrected chi connectivity index (χ1v) is 4.23. The molecule has 0 rings (SSSR count). The number of thiol groups is 1. The van der Waals surface area contributed by atoms with E-state index in [-0.39, 0.29) is 86.3 Å². The zero-order chi connectivity index (χ0) is 8.41. The van der Waals surface area contributed by atoms with E-state index in [2.05, 4.69) is 33.4 Å². The predicted octanol–water partition coefficient (Wildman–Crippen LogP) is 0.560. The summed E-state index contributed by atoms with van der Waals surface area (Å²) >= 11 is 3.84. The second kappa shape index (κ2) is 23.6. The summed E-state index contributed by atoms with van der Waals surface area (Å²) in [6.45, 7) is 10.0. The molecule has 0 radical (unpaired) electrons. The van der Waals surface area contributed by atoms with Gasteiger partial charge in [-0.25, -0.2) is 0 Å². The normalized spacial score (nSPS) is 7.50. The molecule has 0 aliphatic heterocycles. The molecule has 0 aromatic heterocycles. The van der Waals surface area contributed by atoms with Crippen molar-refractivity contribution in [3.8, 4) is 0 Å². The average Bonchev–Trinajstić information content (AvgIpc) is 1.91. The van der Waals surface area contributed by atoms with Gasteiger partial charge in [-0.3, -0.25) is 0 Å². The first kappa shape index (κ1) is 24.3. The number of hydrogen-bond donors (Lipinski definition) is 1. The molecule has 0 aromatic carbocycles. The molecule has 0 spiro atoms. The third-order valence-electron chi connectivity index (χ3n) is 0.918. The molecule has 0 saturated heterocycles.